The van der Waals surface area contributed by atoms with E-state index >= 15 is 0 Å². The van der Waals surface area contributed by atoms with Gasteiger partial charge in [0, 0.05) is 24.9 Å². The van der Waals surface area contributed by atoms with Gasteiger partial charge in [-0.2, -0.15) is 0 Å². The van der Waals surface area contributed by atoms with Gasteiger partial charge >= 0.3 is 8.56 Å². The Morgan fingerprint density at radius 1 is 1.32 bits per heavy atom. The van der Waals surface area contributed by atoms with Crippen LogP contribution in [-0.2, 0) is 15.5 Å². The largest absolute Gasteiger partial charge is 0.394 e. The zero-order valence-corrected chi connectivity index (χ0v) is 15.6. The van der Waals surface area contributed by atoms with Crippen LogP contribution in [0, 0.1) is 5.92 Å². The molecule has 0 radical (unpaired) electrons. The van der Waals surface area contributed by atoms with Crippen LogP contribution >= 0.6 is 0 Å². The number of pyridine rings is 1. The predicted octanol–water partition coefficient (Wildman–Crippen LogP) is 4.87. The average Bonchev–Trinajstić information content (AvgIpc) is 2.45. The Balaban J connectivity index is 2.48. The minimum Gasteiger partial charge on any atom is -0.394 e. The molecule has 1 rings (SSSR count). The van der Waals surface area contributed by atoms with E-state index in [-0.39, 0.29) is 0 Å². The SMILES string of the molecule is C=C(C)C(CC=C(C)C)CO[Si](C)(C)OCc1cccnc1. The molecule has 0 aliphatic rings. The van der Waals surface area contributed by atoms with Crippen molar-refractivity contribution in [2.45, 2.75) is 46.9 Å². The Morgan fingerprint density at radius 3 is 2.59 bits per heavy atom. The number of aromatic nitrogens is 1. The second kappa shape index (κ2) is 9.03. The lowest BCUT2D eigenvalue weighted by Gasteiger charge is -2.26. The summed E-state index contributed by atoms with van der Waals surface area (Å²) in [6.45, 7) is 15.8. The van der Waals surface area contributed by atoms with Gasteiger partial charge in [0.25, 0.3) is 0 Å². The molecule has 1 aromatic heterocycles. The molecule has 1 aromatic rings. The Kier molecular flexibility index (Phi) is 7.72. The molecule has 22 heavy (non-hydrogen) atoms. The molecule has 4 heteroatoms. The van der Waals surface area contributed by atoms with Crippen molar-refractivity contribution in [3.63, 3.8) is 0 Å². The van der Waals surface area contributed by atoms with Crippen molar-refractivity contribution in [1.29, 1.82) is 0 Å². The fourth-order valence-corrected chi connectivity index (χ4v) is 3.07. The molecule has 1 heterocycles. The third kappa shape index (κ3) is 7.68. The molecule has 0 aliphatic carbocycles. The van der Waals surface area contributed by atoms with Crippen LogP contribution in [-0.4, -0.2) is 20.2 Å². The lowest BCUT2D eigenvalue weighted by atomic mass is 9.98. The van der Waals surface area contributed by atoms with E-state index in [1.807, 2.05) is 18.3 Å². The van der Waals surface area contributed by atoms with Crippen LogP contribution in [0.1, 0.15) is 32.8 Å². The van der Waals surface area contributed by atoms with Crippen molar-refractivity contribution in [1.82, 2.24) is 4.98 Å². The molecule has 1 atom stereocenters. The van der Waals surface area contributed by atoms with E-state index in [9.17, 15) is 0 Å². The first kappa shape index (κ1) is 18.8. The number of hydrogen-bond donors (Lipinski definition) is 0. The second-order valence-electron chi connectivity index (χ2n) is 6.42. The summed E-state index contributed by atoms with van der Waals surface area (Å²) < 4.78 is 12.1. The van der Waals surface area contributed by atoms with Crippen molar-refractivity contribution in [2.75, 3.05) is 6.61 Å². The Labute approximate surface area is 136 Å². The fraction of sp³-hybridized carbons (Fsp3) is 0.500. The lowest BCUT2D eigenvalue weighted by molar-refractivity contribution is 0.155. The van der Waals surface area contributed by atoms with Gasteiger partial charge in [0.15, 0.2) is 0 Å². The van der Waals surface area contributed by atoms with Crippen LogP contribution in [0.5, 0.6) is 0 Å². The molecule has 0 N–H and O–H groups in total. The van der Waals surface area contributed by atoms with Crippen molar-refractivity contribution >= 4 is 8.56 Å². The van der Waals surface area contributed by atoms with E-state index in [2.05, 4.69) is 51.5 Å². The van der Waals surface area contributed by atoms with Crippen LogP contribution in [0.3, 0.4) is 0 Å². The van der Waals surface area contributed by atoms with Crippen LogP contribution in [0.15, 0.2) is 48.3 Å². The van der Waals surface area contributed by atoms with E-state index in [0.29, 0.717) is 19.1 Å². The topological polar surface area (TPSA) is 31.4 Å². The summed E-state index contributed by atoms with van der Waals surface area (Å²) >= 11 is 0. The summed E-state index contributed by atoms with van der Waals surface area (Å²) in [6.07, 6.45) is 6.82. The smallest absolute Gasteiger partial charge is 0.332 e. The molecule has 0 amide bonds. The summed E-state index contributed by atoms with van der Waals surface area (Å²) in [5.41, 5.74) is 3.57. The summed E-state index contributed by atoms with van der Waals surface area (Å²) in [6, 6.07) is 3.94. The first-order chi connectivity index (χ1) is 10.3. The van der Waals surface area contributed by atoms with Gasteiger partial charge in [-0.15, -0.1) is 0 Å². The van der Waals surface area contributed by atoms with E-state index in [1.54, 1.807) is 6.20 Å². The van der Waals surface area contributed by atoms with Crippen LogP contribution in [0.2, 0.25) is 13.1 Å². The van der Waals surface area contributed by atoms with Crippen molar-refractivity contribution in [3.8, 4) is 0 Å². The minimum atomic E-state index is -2.14. The minimum absolute atomic E-state index is 0.351. The first-order valence-corrected chi connectivity index (χ1v) is 10.6. The molecule has 0 saturated heterocycles. The van der Waals surface area contributed by atoms with Crippen molar-refractivity contribution in [2.24, 2.45) is 5.92 Å². The highest BCUT2D eigenvalue weighted by molar-refractivity contribution is 6.64. The molecule has 3 nitrogen and oxygen atoms in total. The third-order valence-electron chi connectivity index (χ3n) is 3.45. The lowest BCUT2D eigenvalue weighted by Crippen LogP contribution is -2.36. The fourth-order valence-electron chi connectivity index (χ4n) is 1.87. The van der Waals surface area contributed by atoms with Crippen LogP contribution in [0.4, 0.5) is 0 Å². The molecule has 0 spiro atoms. The molecular weight excluding hydrogens is 290 g/mol. The van der Waals surface area contributed by atoms with E-state index in [0.717, 1.165) is 17.6 Å². The molecule has 0 bridgehead atoms. The Hall–Kier alpha value is -1.23. The third-order valence-corrected chi connectivity index (χ3v) is 5.15. The maximum absolute atomic E-state index is 6.11. The zero-order chi connectivity index (χ0) is 16.6. The standard InChI is InChI=1S/C18H29NO2Si/c1-15(2)9-10-18(16(3)4)14-21-22(5,6)20-13-17-8-7-11-19-12-17/h7-9,11-12,18H,3,10,13-14H2,1-2,4-6H3. The quantitative estimate of drug-likeness (QED) is 0.481. The highest BCUT2D eigenvalue weighted by Gasteiger charge is 2.26. The van der Waals surface area contributed by atoms with Gasteiger partial charge in [0.1, 0.15) is 0 Å². The maximum atomic E-state index is 6.11. The van der Waals surface area contributed by atoms with E-state index in [4.69, 9.17) is 8.85 Å². The van der Waals surface area contributed by atoms with Crippen molar-refractivity contribution in [3.05, 3.63) is 53.9 Å². The normalized spacial score (nSPS) is 12.8. The average molecular weight is 320 g/mol. The number of hydrogen-bond acceptors (Lipinski definition) is 3. The van der Waals surface area contributed by atoms with E-state index in [1.165, 1.54) is 5.57 Å². The second-order valence-corrected chi connectivity index (χ2v) is 9.80. The highest BCUT2D eigenvalue weighted by Crippen LogP contribution is 2.19. The molecule has 0 aromatic carbocycles. The molecule has 0 fully saturated rings. The van der Waals surface area contributed by atoms with Gasteiger partial charge in [-0.3, -0.25) is 4.98 Å². The Morgan fingerprint density at radius 2 is 2.05 bits per heavy atom. The van der Waals surface area contributed by atoms with Crippen LogP contribution < -0.4 is 0 Å². The molecule has 122 valence electrons. The van der Waals surface area contributed by atoms with E-state index < -0.39 is 8.56 Å². The van der Waals surface area contributed by atoms with Gasteiger partial charge in [0.2, 0.25) is 0 Å². The summed E-state index contributed by atoms with van der Waals surface area (Å²) in [7, 11) is -2.14. The van der Waals surface area contributed by atoms with Gasteiger partial charge in [-0.1, -0.05) is 29.9 Å². The van der Waals surface area contributed by atoms with Gasteiger partial charge < -0.3 is 8.85 Å². The van der Waals surface area contributed by atoms with Crippen molar-refractivity contribution < 1.29 is 8.85 Å². The molecule has 1 unspecified atom stereocenters. The molecular formula is C18H29NO2Si. The van der Waals surface area contributed by atoms with Gasteiger partial charge in [-0.25, -0.2) is 0 Å². The van der Waals surface area contributed by atoms with Gasteiger partial charge in [-0.05, 0) is 51.9 Å². The monoisotopic (exact) mass is 319 g/mol. The maximum Gasteiger partial charge on any atom is 0.332 e. The number of nitrogens with zero attached hydrogens (tertiary/aromatic N) is 1. The van der Waals surface area contributed by atoms with Gasteiger partial charge in [0.05, 0.1) is 6.61 Å². The Bertz CT molecular complexity index is 493. The first-order valence-electron chi connectivity index (χ1n) is 7.76. The highest BCUT2D eigenvalue weighted by atomic mass is 28.4. The molecule has 0 aliphatic heterocycles. The van der Waals surface area contributed by atoms with Crippen LogP contribution in [0.25, 0.3) is 0 Å². The predicted molar refractivity (Wildman–Crippen MR) is 94.8 cm³/mol. The summed E-state index contributed by atoms with van der Waals surface area (Å²) in [4.78, 5) is 4.10. The molecule has 0 saturated carbocycles. The zero-order valence-electron chi connectivity index (χ0n) is 14.6. The number of rotatable bonds is 9. The summed E-state index contributed by atoms with van der Waals surface area (Å²) in [5, 5.41) is 0. The number of allylic oxidation sites excluding steroid dienone is 2. The summed E-state index contributed by atoms with van der Waals surface area (Å²) in [5.74, 6) is 0.351.